The maximum atomic E-state index is 13.8. The Bertz CT molecular complexity index is 1280. The van der Waals surface area contributed by atoms with Crippen molar-refractivity contribution in [1.82, 2.24) is 14.8 Å². The summed E-state index contributed by atoms with van der Waals surface area (Å²) in [6.45, 7) is 3.45. The third-order valence-electron chi connectivity index (χ3n) is 4.37. The minimum Gasteiger partial charge on any atom is -0.322 e. The van der Waals surface area contributed by atoms with Gasteiger partial charge in [0.1, 0.15) is 18.1 Å². The van der Waals surface area contributed by atoms with E-state index >= 15 is 0 Å². The average Bonchev–Trinajstić information content (AvgIpc) is 3.09. The van der Waals surface area contributed by atoms with Gasteiger partial charge in [-0.25, -0.2) is 14.1 Å². The van der Waals surface area contributed by atoms with Gasteiger partial charge in [-0.3, -0.25) is 9.59 Å². The molecule has 0 fully saturated rings. The van der Waals surface area contributed by atoms with Gasteiger partial charge in [-0.15, -0.1) is 11.3 Å². The number of nitrogens with zero attached hydrogens (tertiary/aromatic N) is 3. The number of rotatable bonds is 4. The van der Waals surface area contributed by atoms with Crippen LogP contribution < -0.4 is 10.9 Å². The van der Waals surface area contributed by atoms with Crippen LogP contribution in [0.2, 0.25) is 0 Å². The van der Waals surface area contributed by atoms with E-state index in [0.29, 0.717) is 10.4 Å². The van der Waals surface area contributed by atoms with Gasteiger partial charge in [0, 0.05) is 5.56 Å². The van der Waals surface area contributed by atoms with Crippen molar-refractivity contribution in [1.29, 1.82) is 0 Å². The largest absolute Gasteiger partial charge is 0.322 e. The van der Waals surface area contributed by atoms with Gasteiger partial charge in [-0.2, -0.15) is 5.10 Å². The van der Waals surface area contributed by atoms with Gasteiger partial charge in [-0.1, -0.05) is 42.0 Å². The monoisotopic (exact) mass is 408 g/mol. The first-order valence-corrected chi connectivity index (χ1v) is 9.73. The van der Waals surface area contributed by atoms with Crippen LogP contribution in [0, 0.1) is 19.7 Å². The number of anilines is 1. The zero-order valence-electron chi connectivity index (χ0n) is 15.8. The third-order valence-corrected chi connectivity index (χ3v) is 5.35. The molecule has 0 aliphatic heterocycles. The highest BCUT2D eigenvalue weighted by molar-refractivity contribution is 7.19. The van der Waals surface area contributed by atoms with Crippen molar-refractivity contribution in [3.63, 3.8) is 0 Å². The SMILES string of the molecule is Cc1ccc(-c2nn(CC(=O)Nc3ccccc3F)c(=O)c3nc(C)sc23)cc1. The Kier molecular flexibility index (Phi) is 4.94. The van der Waals surface area contributed by atoms with Gasteiger partial charge >= 0.3 is 0 Å². The number of benzene rings is 2. The van der Waals surface area contributed by atoms with Crippen molar-refractivity contribution in [3.05, 3.63) is 75.3 Å². The first-order valence-electron chi connectivity index (χ1n) is 8.92. The number of hydrogen-bond donors (Lipinski definition) is 1. The molecule has 2 heterocycles. The summed E-state index contributed by atoms with van der Waals surface area (Å²) in [5.74, 6) is -1.10. The number of thiazole rings is 1. The Morgan fingerprint density at radius 3 is 2.59 bits per heavy atom. The summed E-state index contributed by atoms with van der Waals surface area (Å²) in [6.07, 6.45) is 0. The summed E-state index contributed by atoms with van der Waals surface area (Å²) in [6, 6.07) is 13.6. The first-order chi connectivity index (χ1) is 13.9. The average molecular weight is 408 g/mol. The zero-order valence-corrected chi connectivity index (χ0v) is 16.6. The van der Waals surface area contributed by atoms with Crippen LogP contribution in [-0.2, 0) is 11.3 Å². The van der Waals surface area contributed by atoms with E-state index in [1.165, 1.54) is 29.5 Å². The first kappa shape index (κ1) is 18.9. The molecule has 0 radical (unpaired) electrons. The number of para-hydroxylation sites is 1. The number of aryl methyl sites for hydroxylation is 2. The molecule has 0 aliphatic rings. The quantitative estimate of drug-likeness (QED) is 0.555. The Morgan fingerprint density at radius 2 is 1.86 bits per heavy atom. The summed E-state index contributed by atoms with van der Waals surface area (Å²) < 4.78 is 15.5. The van der Waals surface area contributed by atoms with Gasteiger partial charge in [-0.05, 0) is 26.0 Å². The van der Waals surface area contributed by atoms with Gasteiger partial charge in [0.25, 0.3) is 5.56 Å². The Balaban J connectivity index is 1.75. The maximum absolute atomic E-state index is 13.8. The van der Waals surface area contributed by atoms with E-state index in [1.807, 2.05) is 38.1 Å². The molecule has 0 saturated heterocycles. The second-order valence-corrected chi connectivity index (χ2v) is 7.82. The molecule has 0 atom stereocenters. The zero-order chi connectivity index (χ0) is 20.5. The molecule has 2 aromatic carbocycles. The molecule has 0 unspecified atom stereocenters. The molecule has 0 bridgehead atoms. The number of nitrogens with one attached hydrogen (secondary N) is 1. The Morgan fingerprint density at radius 1 is 1.14 bits per heavy atom. The van der Waals surface area contributed by atoms with E-state index in [2.05, 4.69) is 15.4 Å². The number of amides is 1. The highest BCUT2D eigenvalue weighted by atomic mass is 32.1. The maximum Gasteiger partial charge on any atom is 0.294 e. The van der Waals surface area contributed by atoms with Gasteiger partial charge in [0.05, 0.1) is 15.4 Å². The van der Waals surface area contributed by atoms with E-state index in [-0.39, 0.29) is 17.7 Å². The van der Waals surface area contributed by atoms with Crippen LogP contribution in [-0.4, -0.2) is 20.7 Å². The molecule has 1 N–H and O–H groups in total. The van der Waals surface area contributed by atoms with Crippen molar-refractivity contribution in [2.45, 2.75) is 20.4 Å². The highest BCUT2D eigenvalue weighted by Crippen LogP contribution is 2.29. The molecular weight excluding hydrogens is 391 g/mol. The lowest BCUT2D eigenvalue weighted by Gasteiger charge is -2.10. The molecule has 6 nitrogen and oxygen atoms in total. The fourth-order valence-electron chi connectivity index (χ4n) is 2.96. The van der Waals surface area contributed by atoms with Crippen LogP contribution in [0.5, 0.6) is 0 Å². The topological polar surface area (TPSA) is 76.9 Å². The number of carbonyl (C=O) groups excluding carboxylic acids is 1. The van der Waals surface area contributed by atoms with E-state index in [4.69, 9.17) is 0 Å². The number of aromatic nitrogens is 3. The molecule has 29 heavy (non-hydrogen) atoms. The lowest BCUT2D eigenvalue weighted by Crippen LogP contribution is -2.30. The molecule has 146 valence electrons. The molecule has 4 aromatic rings. The lowest BCUT2D eigenvalue weighted by atomic mass is 10.1. The fourth-order valence-corrected chi connectivity index (χ4v) is 3.88. The lowest BCUT2D eigenvalue weighted by molar-refractivity contribution is -0.117. The van der Waals surface area contributed by atoms with Crippen molar-refractivity contribution >= 4 is 33.1 Å². The summed E-state index contributed by atoms with van der Waals surface area (Å²) in [5, 5.41) is 7.65. The molecular formula is C21H17FN4O2S. The summed E-state index contributed by atoms with van der Waals surface area (Å²) in [7, 11) is 0. The Hall–Kier alpha value is -3.39. The predicted molar refractivity (Wildman–Crippen MR) is 112 cm³/mol. The second-order valence-electron chi connectivity index (χ2n) is 6.62. The number of carbonyl (C=O) groups is 1. The van der Waals surface area contributed by atoms with Crippen molar-refractivity contribution in [2.75, 3.05) is 5.32 Å². The number of halogens is 1. The molecule has 8 heteroatoms. The van der Waals surface area contributed by atoms with Crippen LogP contribution in [0.15, 0.2) is 53.3 Å². The van der Waals surface area contributed by atoms with Crippen LogP contribution in [0.25, 0.3) is 21.5 Å². The smallest absolute Gasteiger partial charge is 0.294 e. The number of hydrogen-bond acceptors (Lipinski definition) is 5. The molecule has 2 aromatic heterocycles. The Labute approximate surface area is 169 Å². The predicted octanol–water partition coefficient (Wildman–Crippen LogP) is 3.91. The standard InChI is InChI=1S/C21H17FN4O2S/c1-12-7-9-14(10-8-12)18-20-19(23-13(2)29-20)21(28)26(25-18)11-17(27)24-16-6-4-3-5-15(16)22/h3-10H,11H2,1-2H3,(H,24,27). The molecule has 1 amide bonds. The van der Waals surface area contributed by atoms with Crippen molar-refractivity contribution < 1.29 is 9.18 Å². The van der Waals surface area contributed by atoms with Crippen LogP contribution >= 0.6 is 11.3 Å². The second kappa shape index (κ2) is 7.56. The summed E-state index contributed by atoms with van der Waals surface area (Å²) in [4.78, 5) is 29.6. The molecule has 0 spiro atoms. The van der Waals surface area contributed by atoms with Crippen LogP contribution in [0.3, 0.4) is 0 Å². The van der Waals surface area contributed by atoms with Crippen LogP contribution in [0.1, 0.15) is 10.6 Å². The summed E-state index contributed by atoms with van der Waals surface area (Å²) in [5.41, 5.74) is 2.38. The highest BCUT2D eigenvalue weighted by Gasteiger charge is 2.18. The van der Waals surface area contributed by atoms with E-state index in [0.717, 1.165) is 20.8 Å². The number of fused-ring (bicyclic) bond motifs is 1. The minimum atomic E-state index is -0.550. The molecule has 0 saturated carbocycles. The minimum absolute atomic E-state index is 0.0508. The van der Waals surface area contributed by atoms with Gasteiger partial charge in [0.2, 0.25) is 5.91 Å². The van der Waals surface area contributed by atoms with Crippen molar-refractivity contribution in [2.24, 2.45) is 0 Å². The van der Waals surface area contributed by atoms with E-state index < -0.39 is 17.3 Å². The molecule has 0 aliphatic carbocycles. The fraction of sp³-hybridized carbons (Fsp3) is 0.143. The third kappa shape index (κ3) is 3.79. The van der Waals surface area contributed by atoms with Crippen LogP contribution in [0.4, 0.5) is 10.1 Å². The normalized spacial score (nSPS) is 11.0. The van der Waals surface area contributed by atoms with Gasteiger partial charge < -0.3 is 5.32 Å². The van der Waals surface area contributed by atoms with Crippen molar-refractivity contribution in [3.8, 4) is 11.3 Å². The van der Waals surface area contributed by atoms with Gasteiger partial charge in [0.15, 0.2) is 5.52 Å². The van der Waals surface area contributed by atoms with E-state index in [1.54, 1.807) is 6.07 Å². The van der Waals surface area contributed by atoms with E-state index in [9.17, 15) is 14.0 Å². The molecule has 4 rings (SSSR count). The summed E-state index contributed by atoms with van der Waals surface area (Å²) >= 11 is 1.39.